The van der Waals surface area contributed by atoms with Crippen molar-refractivity contribution in [2.75, 3.05) is 0 Å². The number of rotatable bonds is 22. The Bertz CT molecular complexity index is 1770. The number of ketones is 6. The van der Waals surface area contributed by atoms with Gasteiger partial charge in [-0.25, -0.2) is 24.0 Å². The fourth-order valence-electron chi connectivity index (χ4n) is 5.27. The zero-order valence-corrected chi connectivity index (χ0v) is 58.8. The largest absolute Gasteiger partial charge is 0.453 e. The second-order valence-electron chi connectivity index (χ2n) is 26.3. The molecule has 11 atom stereocenters. The van der Waals surface area contributed by atoms with E-state index in [0.29, 0.717) is 0 Å². The topological polar surface area (TPSA) is 289 Å². The summed E-state index contributed by atoms with van der Waals surface area (Å²) in [5.74, 6) is -3.33. The van der Waals surface area contributed by atoms with E-state index in [0.717, 1.165) is 0 Å². The monoisotopic (exact) mass is 1240 g/mol. The molecule has 508 valence electrons. The highest BCUT2D eigenvalue weighted by Gasteiger charge is 2.29. The maximum absolute atomic E-state index is 11.4. The maximum atomic E-state index is 11.4. The van der Waals surface area contributed by atoms with E-state index < -0.39 is 119 Å². The molecule has 0 aliphatic rings. The molecule has 22 nitrogen and oxygen atoms in total. The van der Waals surface area contributed by atoms with Gasteiger partial charge in [-0.1, -0.05) is 7.43 Å². The first-order valence-electron chi connectivity index (χ1n) is 28.6. The average molecular weight is 1240 g/mol. The molecule has 0 aromatic carbocycles. The Kier molecular flexibility index (Phi) is 47.3. The summed E-state index contributed by atoms with van der Waals surface area (Å²) in [6.07, 6.45) is -7.11. The summed E-state index contributed by atoms with van der Waals surface area (Å²) in [5.41, 5.74) is -2.24. The number of esters is 5. The predicted octanol–water partition coefficient (Wildman–Crippen LogP) is 11.0. The van der Waals surface area contributed by atoms with Gasteiger partial charge in [-0.2, -0.15) is 0 Å². The van der Waals surface area contributed by atoms with E-state index in [1.807, 2.05) is 125 Å². The second-order valence-corrected chi connectivity index (χ2v) is 26.3. The van der Waals surface area contributed by atoms with E-state index in [9.17, 15) is 52.7 Å². The highest BCUT2D eigenvalue weighted by Crippen LogP contribution is 2.17. The molecular weight excluding hydrogens is 1120 g/mol. The van der Waals surface area contributed by atoms with E-state index in [-0.39, 0.29) is 53.8 Å². The molecule has 0 aliphatic heterocycles. The summed E-state index contributed by atoms with van der Waals surface area (Å²) < 4.78 is 56.9. The SMILES string of the molecule is C.CC(=O)C(C)OC(=O)C(C)OC(C)(C)C.CC(=O)C(C)OC(=O)C(C)OC(C)(C)C.CC(=O)C(C)OC(=O)C(C)OC(C)(C)C.CC(=O)C(C)OC(=O)C(C)OC(C)(C)C.CC(=O)C(C)OC(=O)C(C)OC(C)(C)C.CC(=O)C(C)OC(C)(C)C. The van der Waals surface area contributed by atoms with Crippen molar-refractivity contribution in [2.45, 2.75) is 351 Å². The van der Waals surface area contributed by atoms with Crippen molar-refractivity contribution in [2.24, 2.45) is 0 Å². The minimum Gasteiger partial charge on any atom is -0.453 e. The summed E-state index contributed by atoms with van der Waals surface area (Å²) in [6, 6.07) is 0. The molecule has 22 heteroatoms. The minimum absolute atomic E-state index is 0. The second kappa shape index (κ2) is 42.9. The molecule has 0 saturated carbocycles. The third-order valence-corrected chi connectivity index (χ3v) is 9.74. The molecule has 0 aromatic heterocycles. The number of ether oxygens (including phenoxy) is 11. The molecule has 0 N–H and O–H groups in total. The molecule has 86 heavy (non-hydrogen) atoms. The van der Waals surface area contributed by atoms with Crippen molar-refractivity contribution in [3.8, 4) is 0 Å². The molecule has 0 rings (SSSR count). The fourth-order valence-corrected chi connectivity index (χ4v) is 5.27. The molecule has 0 aromatic rings. The Hall–Kier alpha value is -4.87. The number of carbonyl (C=O) groups excluding carboxylic acids is 11. The third kappa shape index (κ3) is 60.8. The molecule has 0 fully saturated rings. The van der Waals surface area contributed by atoms with E-state index in [1.54, 1.807) is 76.2 Å². The molecule has 0 heterocycles. The lowest BCUT2D eigenvalue weighted by Gasteiger charge is -2.24. The lowest BCUT2D eigenvalue weighted by atomic mass is 10.1. The molecule has 0 aliphatic carbocycles. The van der Waals surface area contributed by atoms with Crippen molar-refractivity contribution < 1.29 is 105 Å². The Morgan fingerprint density at radius 1 is 0.198 bits per heavy atom. The van der Waals surface area contributed by atoms with Crippen LogP contribution in [0.5, 0.6) is 0 Å². The number of hydrogen-bond acceptors (Lipinski definition) is 22. The molecule has 0 saturated heterocycles. The summed E-state index contributed by atoms with van der Waals surface area (Å²) >= 11 is 0. The molecule has 0 amide bonds. The lowest BCUT2D eigenvalue weighted by Crippen LogP contribution is -2.35. The lowest BCUT2D eigenvalue weighted by molar-refractivity contribution is -0.171. The van der Waals surface area contributed by atoms with Crippen LogP contribution < -0.4 is 0 Å². The van der Waals surface area contributed by atoms with Crippen molar-refractivity contribution >= 4 is 64.5 Å². The van der Waals surface area contributed by atoms with Crippen LogP contribution in [0.15, 0.2) is 0 Å². The summed E-state index contributed by atoms with van der Waals surface area (Å²) in [5, 5.41) is 0. The van der Waals surface area contributed by atoms with Crippen LogP contribution >= 0.6 is 0 Å². The van der Waals surface area contributed by atoms with Crippen LogP contribution in [-0.4, -0.2) is 165 Å². The third-order valence-electron chi connectivity index (χ3n) is 9.74. The first kappa shape index (κ1) is 94.8. The highest BCUT2D eigenvalue weighted by molar-refractivity contribution is 5.86. The van der Waals surface area contributed by atoms with Gasteiger partial charge in [0.1, 0.15) is 6.10 Å². The van der Waals surface area contributed by atoms with Gasteiger partial charge in [0.15, 0.2) is 95.7 Å². The van der Waals surface area contributed by atoms with E-state index in [2.05, 4.69) is 0 Å². The first-order valence-corrected chi connectivity index (χ1v) is 28.6. The smallest absolute Gasteiger partial charge is 0.335 e. The highest BCUT2D eigenvalue weighted by atomic mass is 16.6. The molecule has 0 bridgehead atoms. The Morgan fingerprint density at radius 2 is 0.291 bits per heavy atom. The van der Waals surface area contributed by atoms with E-state index in [4.69, 9.17) is 52.1 Å². The van der Waals surface area contributed by atoms with Gasteiger partial charge in [-0.15, -0.1) is 0 Å². The van der Waals surface area contributed by atoms with Crippen LogP contribution in [-0.2, 0) is 105 Å². The van der Waals surface area contributed by atoms with Crippen LogP contribution in [0.1, 0.15) is 250 Å². The Balaban J connectivity index is -0.000000174. The van der Waals surface area contributed by atoms with Gasteiger partial charge in [-0.3, -0.25) is 28.8 Å². The van der Waals surface area contributed by atoms with Crippen molar-refractivity contribution in [1.29, 1.82) is 0 Å². The van der Waals surface area contributed by atoms with Crippen molar-refractivity contribution in [3.63, 3.8) is 0 Å². The standard InChI is InChI=1S/5C11H20O4.C8H16O2.CH4/c5*1-7(12)8(2)14-10(13)9(3)15-11(4,5)6;1-6(9)7(2)10-8(3,4)5;/h5*8-9H,1-6H3;7H,1-5H3;1H4. The van der Waals surface area contributed by atoms with E-state index >= 15 is 0 Å². The number of carbonyl (C=O) groups is 11. The van der Waals surface area contributed by atoms with Gasteiger partial charge in [0.05, 0.1) is 33.6 Å². The van der Waals surface area contributed by atoms with Crippen molar-refractivity contribution in [1.82, 2.24) is 0 Å². The Morgan fingerprint density at radius 3 is 0.360 bits per heavy atom. The molecule has 0 spiro atoms. The normalized spacial score (nSPS) is 15.3. The van der Waals surface area contributed by atoms with E-state index in [1.165, 1.54) is 41.5 Å². The summed E-state index contributed by atoms with van der Waals surface area (Å²) in [4.78, 5) is 122. The van der Waals surface area contributed by atoms with Crippen LogP contribution in [0.3, 0.4) is 0 Å². The van der Waals surface area contributed by atoms with Gasteiger partial charge in [0.25, 0.3) is 0 Å². The molecule has 0 radical (unpaired) electrons. The van der Waals surface area contributed by atoms with Crippen molar-refractivity contribution in [3.05, 3.63) is 0 Å². The average Bonchev–Trinajstić information content (AvgIpc) is 3.26. The quantitative estimate of drug-likeness (QED) is 0.0719. The maximum Gasteiger partial charge on any atom is 0.335 e. The van der Waals surface area contributed by atoms with Crippen LogP contribution in [0, 0.1) is 0 Å². The number of Topliss-reactive ketones (excluding diaryl/α,β-unsaturated/α-hetero) is 6. The first-order chi connectivity index (χ1) is 37.5. The predicted molar refractivity (Wildman–Crippen MR) is 330 cm³/mol. The van der Waals surface area contributed by atoms with Gasteiger partial charge < -0.3 is 52.1 Å². The molecular formula is C64H120O22. The molecule has 11 unspecified atom stereocenters. The van der Waals surface area contributed by atoms with Gasteiger partial charge >= 0.3 is 29.8 Å². The van der Waals surface area contributed by atoms with Gasteiger partial charge in [-0.05, 0) is 242 Å². The Labute approximate surface area is 518 Å². The van der Waals surface area contributed by atoms with Crippen LogP contribution in [0.2, 0.25) is 0 Å². The number of hydrogen-bond donors (Lipinski definition) is 0. The van der Waals surface area contributed by atoms with Crippen LogP contribution in [0.25, 0.3) is 0 Å². The zero-order valence-electron chi connectivity index (χ0n) is 58.8. The van der Waals surface area contributed by atoms with Gasteiger partial charge in [0.2, 0.25) is 0 Å². The minimum atomic E-state index is -0.705. The summed E-state index contributed by atoms with van der Waals surface area (Å²) in [6.45, 7) is 59.6. The zero-order chi connectivity index (χ0) is 69.5. The van der Waals surface area contributed by atoms with Crippen LogP contribution in [0.4, 0.5) is 0 Å². The van der Waals surface area contributed by atoms with Gasteiger partial charge in [0, 0.05) is 0 Å². The fraction of sp³-hybridized carbons (Fsp3) is 0.828. The summed E-state index contributed by atoms with van der Waals surface area (Å²) in [7, 11) is 0.